The highest BCUT2D eigenvalue weighted by molar-refractivity contribution is 7.91. The van der Waals surface area contributed by atoms with E-state index in [0.717, 1.165) is 13.0 Å². The molecule has 0 radical (unpaired) electrons. The fourth-order valence-corrected chi connectivity index (χ4v) is 2.40. The van der Waals surface area contributed by atoms with Crippen LogP contribution in [0, 0.1) is 5.41 Å². The highest BCUT2D eigenvalue weighted by Gasteiger charge is 2.16. The van der Waals surface area contributed by atoms with Gasteiger partial charge >= 0.3 is 0 Å². The Kier molecular flexibility index (Phi) is 6.80. The molecule has 0 saturated carbocycles. The number of hydrogen-bond acceptors (Lipinski definition) is 3. The second-order valence-electron chi connectivity index (χ2n) is 4.52. The van der Waals surface area contributed by atoms with E-state index in [9.17, 15) is 8.42 Å². The first-order valence-corrected chi connectivity index (χ1v) is 7.66. The Labute approximate surface area is 98.5 Å². The number of sulfone groups is 1. The SMILES string of the molecule is CCS(=O)(=O)CCNCC(C)(C)CCCl. The van der Waals surface area contributed by atoms with E-state index < -0.39 is 9.84 Å². The van der Waals surface area contributed by atoms with E-state index in [2.05, 4.69) is 19.2 Å². The first kappa shape index (κ1) is 15.2. The molecule has 0 aromatic heterocycles. The van der Waals surface area contributed by atoms with Gasteiger partial charge in [-0.2, -0.15) is 0 Å². The van der Waals surface area contributed by atoms with Crippen LogP contribution in [0.4, 0.5) is 0 Å². The second kappa shape index (κ2) is 6.71. The van der Waals surface area contributed by atoms with Gasteiger partial charge in [-0.1, -0.05) is 20.8 Å². The fourth-order valence-electron chi connectivity index (χ4n) is 1.14. The number of hydrogen-bond donors (Lipinski definition) is 1. The van der Waals surface area contributed by atoms with Gasteiger partial charge < -0.3 is 5.32 Å². The summed E-state index contributed by atoms with van der Waals surface area (Å²) in [5.41, 5.74) is 0.137. The summed E-state index contributed by atoms with van der Waals surface area (Å²) < 4.78 is 22.4. The number of halogens is 1. The molecule has 0 aliphatic heterocycles. The van der Waals surface area contributed by atoms with Crippen LogP contribution >= 0.6 is 11.6 Å². The van der Waals surface area contributed by atoms with Crippen molar-refractivity contribution in [1.29, 1.82) is 0 Å². The smallest absolute Gasteiger partial charge is 0.151 e. The van der Waals surface area contributed by atoms with Crippen molar-refractivity contribution in [1.82, 2.24) is 5.32 Å². The molecule has 0 aromatic carbocycles. The third kappa shape index (κ3) is 8.05. The number of rotatable bonds is 8. The Morgan fingerprint density at radius 2 is 1.93 bits per heavy atom. The van der Waals surface area contributed by atoms with Gasteiger partial charge in [0.2, 0.25) is 0 Å². The van der Waals surface area contributed by atoms with Gasteiger partial charge in [0.25, 0.3) is 0 Å². The van der Waals surface area contributed by atoms with Crippen molar-refractivity contribution >= 4 is 21.4 Å². The second-order valence-corrected chi connectivity index (χ2v) is 7.37. The minimum absolute atomic E-state index is 0.137. The summed E-state index contributed by atoms with van der Waals surface area (Å²) in [6, 6.07) is 0. The van der Waals surface area contributed by atoms with Crippen molar-refractivity contribution in [2.45, 2.75) is 27.2 Å². The van der Waals surface area contributed by atoms with E-state index in [1.807, 2.05) is 0 Å². The monoisotopic (exact) mass is 255 g/mol. The lowest BCUT2D eigenvalue weighted by atomic mass is 9.90. The molecule has 0 fully saturated rings. The Hall–Kier alpha value is 0.200. The van der Waals surface area contributed by atoms with Crippen LogP contribution in [0.2, 0.25) is 0 Å². The maximum absolute atomic E-state index is 11.2. The molecule has 0 aromatic rings. The largest absolute Gasteiger partial charge is 0.315 e. The zero-order valence-corrected chi connectivity index (χ0v) is 11.4. The van der Waals surface area contributed by atoms with E-state index in [1.165, 1.54) is 0 Å². The van der Waals surface area contributed by atoms with Gasteiger partial charge in [-0.25, -0.2) is 8.42 Å². The molecule has 0 aliphatic carbocycles. The van der Waals surface area contributed by atoms with E-state index in [1.54, 1.807) is 6.92 Å². The highest BCUT2D eigenvalue weighted by atomic mass is 35.5. The van der Waals surface area contributed by atoms with Crippen LogP contribution in [0.25, 0.3) is 0 Å². The van der Waals surface area contributed by atoms with Gasteiger partial charge in [-0.05, 0) is 11.8 Å². The molecule has 1 N–H and O–H groups in total. The molecule has 0 saturated heterocycles. The molecular weight excluding hydrogens is 234 g/mol. The van der Waals surface area contributed by atoms with Crippen LogP contribution in [0.3, 0.4) is 0 Å². The predicted molar refractivity (Wildman–Crippen MR) is 66.3 cm³/mol. The Balaban J connectivity index is 3.72. The molecule has 0 spiro atoms. The third-order valence-corrected chi connectivity index (χ3v) is 4.30. The van der Waals surface area contributed by atoms with E-state index in [-0.39, 0.29) is 16.9 Å². The molecular formula is C10H22ClNO2S. The topological polar surface area (TPSA) is 46.2 Å². The molecule has 0 heterocycles. The van der Waals surface area contributed by atoms with Crippen molar-refractivity contribution in [2.24, 2.45) is 5.41 Å². The lowest BCUT2D eigenvalue weighted by molar-refractivity contribution is 0.334. The highest BCUT2D eigenvalue weighted by Crippen LogP contribution is 2.19. The summed E-state index contributed by atoms with van der Waals surface area (Å²) in [5, 5.41) is 3.16. The molecule has 3 nitrogen and oxygen atoms in total. The Morgan fingerprint density at radius 1 is 1.33 bits per heavy atom. The zero-order chi connectivity index (χ0) is 11.9. The third-order valence-electron chi connectivity index (χ3n) is 2.40. The fraction of sp³-hybridized carbons (Fsp3) is 1.00. The van der Waals surface area contributed by atoms with Crippen molar-refractivity contribution in [3.8, 4) is 0 Å². The Bertz CT molecular complexity index is 263. The molecule has 0 atom stereocenters. The van der Waals surface area contributed by atoms with Crippen LogP contribution in [-0.4, -0.2) is 38.9 Å². The summed E-state index contributed by atoms with van der Waals surface area (Å²) >= 11 is 5.67. The average molecular weight is 256 g/mol. The minimum Gasteiger partial charge on any atom is -0.315 e. The summed E-state index contributed by atoms with van der Waals surface area (Å²) in [7, 11) is -2.84. The lowest BCUT2D eigenvalue weighted by Gasteiger charge is -2.23. The number of alkyl halides is 1. The van der Waals surface area contributed by atoms with E-state index >= 15 is 0 Å². The summed E-state index contributed by atoms with van der Waals surface area (Å²) in [6.45, 7) is 7.25. The first-order valence-electron chi connectivity index (χ1n) is 5.30. The van der Waals surface area contributed by atoms with Crippen molar-refractivity contribution in [3.05, 3.63) is 0 Å². The van der Waals surface area contributed by atoms with Crippen molar-refractivity contribution in [3.63, 3.8) is 0 Å². The first-order chi connectivity index (χ1) is 6.83. The molecule has 5 heteroatoms. The van der Waals surface area contributed by atoms with E-state index in [4.69, 9.17) is 11.6 Å². The zero-order valence-electron chi connectivity index (χ0n) is 9.85. The molecule has 0 aliphatic rings. The van der Waals surface area contributed by atoms with E-state index in [0.29, 0.717) is 12.4 Å². The Morgan fingerprint density at radius 3 is 2.40 bits per heavy atom. The lowest BCUT2D eigenvalue weighted by Crippen LogP contribution is -2.33. The molecule has 15 heavy (non-hydrogen) atoms. The van der Waals surface area contributed by atoms with Gasteiger partial charge in [0.15, 0.2) is 9.84 Å². The molecule has 92 valence electrons. The molecule has 0 amide bonds. The normalized spacial score (nSPS) is 13.1. The summed E-state index contributed by atoms with van der Waals surface area (Å²) in [6.07, 6.45) is 0.933. The van der Waals surface area contributed by atoms with Crippen LogP contribution in [0.1, 0.15) is 27.2 Å². The molecule has 0 unspecified atom stereocenters. The van der Waals surface area contributed by atoms with Gasteiger partial charge in [0.1, 0.15) is 0 Å². The quantitative estimate of drug-likeness (QED) is 0.530. The van der Waals surface area contributed by atoms with Crippen LogP contribution in [-0.2, 0) is 9.84 Å². The summed E-state index contributed by atoms with van der Waals surface area (Å²) in [5.74, 6) is 1.09. The maximum atomic E-state index is 11.2. The average Bonchev–Trinajstić information content (AvgIpc) is 2.13. The van der Waals surface area contributed by atoms with Gasteiger partial charge in [0.05, 0.1) is 5.75 Å². The van der Waals surface area contributed by atoms with Crippen LogP contribution < -0.4 is 5.32 Å². The standard InChI is InChI=1S/C10H22ClNO2S/c1-4-15(13,14)8-7-12-9-10(2,3)5-6-11/h12H,4-9H2,1-3H3. The minimum atomic E-state index is -2.84. The van der Waals surface area contributed by atoms with Crippen LogP contribution in [0.5, 0.6) is 0 Å². The molecule has 0 bridgehead atoms. The van der Waals surface area contributed by atoms with Gasteiger partial charge in [0, 0.05) is 24.7 Å². The number of nitrogens with one attached hydrogen (secondary N) is 1. The van der Waals surface area contributed by atoms with Crippen molar-refractivity contribution < 1.29 is 8.42 Å². The summed E-state index contributed by atoms with van der Waals surface area (Å²) in [4.78, 5) is 0. The maximum Gasteiger partial charge on any atom is 0.151 e. The predicted octanol–water partition coefficient (Wildman–Crippen LogP) is 1.67. The van der Waals surface area contributed by atoms with Gasteiger partial charge in [-0.3, -0.25) is 0 Å². The van der Waals surface area contributed by atoms with Crippen LogP contribution in [0.15, 0.2) is 0 Å². The van der Waals surface area contributed by atoms with Crippen molar-refractivity contribution in [2.75, 3.05) is 30.5 Å². The molecule has 0 rings (SSSR count). The van der Waals surface area contributed by atoms with Gasteiger partial charge in [-0.15, -0.1) is 11.6 Å².